The van der Waals surface area contributed by atoms with Crippen molar-refractivity contribution < 1.29 is 13.9 Å². The Labute approximate surface area is 257 Å². The van der Waals surface area contributed by atoms with Gasteiger partial charge >= 0.3 is 0 Å². The maximum atomic E-state index is 14.2. The van der Waals surface area contributed by atoms with Crippen molar-refractivity contribution in [3.8, 4) is 5.75 Å². The molecule has 1 aliphatic rings. The van der Waals surface area contributed by atoms with Crippen LogP contribution >= 0.6 is 23.4 Å². The number of rotatable bonds is 9. The van der Waals surface area contributed by atoms with Gasteiger partial charge in [0.05, 0.1) is 10.6 Å². The molecule has 0 aliphatic carbocycles. The second kappa shape index (κ2) is 12.7. The minimum Gasteiger partial charge on any atom is -0.489 e. The van der Waals surface area contributed by atoms with Gasteiger partial charge in [-0.2, -0.15) is 4.98 Å². The minimum atomic E-state index is -0.561. The summed E-state index contributed by atoms with van der Waals surface area (Å²) in [4.78, 5) is 18.5. The van der Waals surface area contributed by atoms with Crippen LogP contribution in [0.1, 0.15) is 29.7 Å². The molecule has 6 rings (SSSR count). The first kappa shape index (κ1) is 28.5. The summed E-state index contributed by atoms with van der Waals surface area (Å²) in [6.45, 7) is 1.84. The van der Waals surface area contributed by atoms with E-state index in [1.165, 1.54) is 17.8 Å². The van der Waals surface area contributed by atoms with Gasteiger partial charge in [-0.3, -0.25) is 4.79 Å². The van der Waals surface area contributed by atoms with E-state index in [1.54, 1.807) is 28.9 Å². The van der Waals surface area contributed by atoms with Crippen LogP contribution in [-0.4, -0.2) is 20.7 Å². The molecule has 1 aromatic heterocycles. The summed E-state index contributed by atoms with van der Waals surface area (Å²) >= 11 is 7.68. The third-order valence-electron chi connectivity index (χ3n) is 6.96. The lowest BCUT2D eigenvalue weighted by Crippen LogP contribution is -2.31. The topological polar surface area (TPSA) is 81.1 Å². The molecule has 1 atom stereocenters. The van der Waals surface area contributed by atoms with Crippen LogP contribution in [0.3, 0.4) is 0 Å². The summed E-state index contributed by atoms with van der Waals surface area (Å²) in [6.07, 6.45) is 0. The summed E-state index contributed by atoms with van der Waals surface area (Å²) < 4.78 is 21.8. The summed E-state index contributed by atoms with van der Waals surface area (Å²) in [5.74, 6) is 1.11. The normalized spacial score (nSPS) is 14.2. The highest BCUT2D eigenvalue weighted by atomic mass is 35.5. The van der Waals surface area contributed by atoms with E-state index >= 15 is 0 Å². The van der Waals surface area contributed by atoms with Gasteiger partial charge in [0.1, 0.15) is 24.2 Å². The molecule has 1 unspecified atom stereocenters. The molecule has 5 aromatic rings. The number of carbonyl (C=O) groups excluding carboxylic acids is 1. The van der Waals surface area contributed by atoms with Crippen molar-refractivity contribution in [2.75, 3.05) is 10.6 Å². The number of hydrogen-bond acceptors (Lipinski definition) is 6. The number of amides is 1. The van der Waals surface area contributed by atoms with Crippen molar-refractivity contribution in [2.24, 2.45) is 0 Å². The van der Waals surface area contributed by atoms with Crippen molar-refractivity contribution >= 4 is 40.9 Å². The molecule has 2 N–H and O–H groups in total. The number of halogens is 2. The van der Waals surface area contributed by atoms with Crippen LogP contribution < -0.4 is 15.4 Å². The first-order chi connectivity index (χ1) is 21.0. The number of thioether (sulfide) groups is 1. The molecule has 4 aromatic carbocycles. The molecule has 1 aliphatic heterocycles. The lowest BCUT2D eigenvalue weighted by molar-refractivity contribution is -0.113. The van der Waals surface area contributed by atoms with Gasteiger partial charge in [-0.1, -0.05) is 90.1 Å². The van der Waals surface area contributed by atoms with Crippen LogP contribution in [0, 0.1) is 5.82 Å². The number of nitrogens with one attached hydrogen (secondary N) is 2. The van der Waals surface area contributed by atoms with Crippen LogP contribution in [0.2, 0.25) is 5.02 Å². The highest BCUT2D eigenvalue weighted by Crippen LogP contribution is 2.37. The van der Waals surface area contributed by atoms with Crippen molar-refractivity contribution in [1.29, 1.82) is 0 Å². The number of carbonyl (C=O) groups is 1. The third-order valence-corrected chi connectivity index (χ3v) is 8.22. The Bertz CT molecular complexity index is 1760. The lowest BCUT2D eigenvalue weighted by atomic mass is 9.95. The Morgan fingerprint density at radius 2 is 1.72 bits per heavy atom. The molecule has 0 fully saturated rings. The van der Waals surface area contributed by atoms with Gasteiger partial charge in [-0.25, -0.2) is 9.07 Å². The number of ether oxygens (including phenoxy) is 1. The number of anilines is 2. The molecule has 0 radical (unpaired) electrons. The average Bonchev–Trinajstić information content (AvgIpc) is 3.43. The molecule has 0 spiro atoms. The van der Waals surface area contributed by atoms with Crippen molar-refractivity contribution in [1.82, 2.24) is 14.8 Å². The zero-order valence-corrected chi connectivity index (χ0v) is 24.7. The Morgan fingerprint density at radius 1 is 1.00 bits per heavy atom. The molecule has 43 heavy (non-hydrogen) atoms. The average molecular weight is 612 g/mol. The predicted octanol–water partition coefficient (Wildman–Crippen LogP) is 7.87. The van der Waals surface area contributed by atoms with Crippen LogP contribution in [0.4, 0.5) is 16.0 Å². The van der Waals surface area contributed by atoms with E-state index in [4.69, 9.17) is 26.4 Å². The number of aromatic nitrogens is 3. The van der Waals surface area contributed by atoms with Crippen molar-refractivity contribution in [3.05, 3.63) is 142 Å². The number of hydrogen-bond donors (Lipinski definition) is 2. The largest absolute Gasteiger partial charge is 0.489 e. The van der Waals surface area contributed by atoms with Gasteiger partial charge in [0.25, 0.3) is 5.91 Å². The maximum Gasteiger partial charge on any atom is 0.255 e. The van der Waals surface area contributed by atoms with Gasteiger partial charge < -0.3 is 15.4 Å². The SMILES string of the molecule is CC1=C(C(=O)Nc2ccccc2)C(c2ccc(OCc3c(F)cccc3Cl)cc2)n2nc(SCc3ccccc3)nc2N1. The Morgan fingerprint density at radius 3 is 2.44 bits per heavy atom. The molecule has 1 amide bonds. The second-order valence-electron chi connectivity index (χ2n) is 9.88. The molecule has 10 heteroatoms. The van der Waals surface area contributed by atoms with Crippen molar-refractivity contribution in [3.63, 3.8) is 0 Å². The predicted molar refractivity (Wildman–Crippen MR) is 168 cm³/mol. The van der Waals surface area contributed by atoms with Gasteiger partial charge in [-0.15, -0.1) is 5.10 Å². The Kier molecular flexibility index (Phi) is 8.44. The fourth-order valence-electron chi connectivity index (χ4n) is 4.81. The second-order valence-corrected chi connectivity index (χ2v) is 11.2. The number of fused-ring (bicyclic) bond motifs is 1. The Balaban J connectivity index is 1.29. The molecule has 2 heterocycles. The number of para-hydroxylation sites is 1. The highest BCUT2D eigenvalue weighted by Gasteiger charge is 2.34. The first-order valence-corrected chi connectivity index (χ1v) is 15.0. The molecular formula is C33H27ClFN5O2S. The number of benzene rings is 4. The van der Waals surface area contributed by atoms with E-state index in [0.29, 0.717) is 44.6 Å². The lowest BCUT2D eigenvalue weighted by Gasteiger charge is -2.28. The van der Waals surface area contributed by atoms with E-state index in [9.17, 15) is 9.18 Å². The van der Waals surface area contributed by atoms with E-state index in [0.717, 1.165) is 11.1 Å². The zero-order chi connectivity index (χ0) is 29.8. The van der Waals surface area contributed by atoms with E-state index in [2.05, 4.69) is 22.8 Å². The van der Waals surface area contributed by atoms with Crippen LogP contribution in [-0.2, 0) is 17.2 Å². The van der Waals surface area contributed by atoms with Gasteiger partial charge in [0, 0.05) is 22.7 Å². The number of allylic oxidation sites excluding steroid dienone is 1. The quantitative estimate of drug-likeness (QED) is 0.165. The fourth-order valence-corrected chi connectivity index (χ4v) is 5.81. The number of nitrogens with zero attached hydrogens (tertiary/aromatic N) is 3. The van der Waals surface area contributed by atoms with Crippen molar-refractivity contribution in [2.45, 2.75) is 30.5 Å². The van der Waals surface area contributed by atoms with E-state index in [1.807, 2.05) is 67.6 Å². The van der Waals surface area contributed by atoms with Crippen LogP contribution in [0.5, 0.6) is 5.75 Å². The molecular weight excluding hydrogens is 585 g/mol. The summed E-state index contributed by atoms with van der Waals surface area (Å²) in [6, 6.07) is 30.7. The van der Waals surface area contributed by atoms with E-state index < -0.39 is 11.9 Å². The molecule has 0 saturated heterocycles. The van der Waals surface area contributed by atoms with Gasteiger partial charge in [-0.05, 0) is 54.4 Å². The molecule has 0 bridgehead atoms. The zero-order valence-electron chi connectivity index (χ0n) is 23.1. The standard InChI is InChI=1S/C33H27ClFN5O2S/c1-21-29(31(41)37-24-11-6-3-7-12-24)30(40-32(36-21)38-33(39-40)43-20-22-9-4-2-5-10-22)23-15-17-25(18-16-23)42-19-26-27(34)13-8-14-28(26)35/h2-18,30H,19-20H2,1H3,(H,37,41)(H,36,38,39). The van der Waals surface area contributed by atoms with Crippen LogP contribution in [0.15, 0.2) is 120 Å². The molecule has 216 valence electrons. The minimum absolute atomic E-state index is 0.0167. The van der Waals surface area contributed by atoms with Gasteiger partial charge in [0.2, 0.25) is 11.1 Å². The fraction of sp³-hybridized carbons (Fsp3) is 0.121. The van der Waals surface area contributed by atoms with Gasteiger partial charge in [0.15, 0.2) is 0 Å². The molecule has 0 saturated carbocycles. The third kappa shape index (κ3) is 6.43. The van der Waals surface area contributed by atoms with E-state index in [-0.39, 0.29) is 18.1 Å². The highest BCUT2D eigenvalue weighted by molar-refractivity contribution is 7.98. The summed E-state index contributed by atoms with van der Waals surface area (Å²) in [7, 11) is 0. The smallest absolute Gasteiger partial charge is 0.255 e. The maximum absolute atomic E-state index is 14.2. The monoisotopic (exact) mass is 611 g/mol. The first-order valence-electron chi connectivity index (χ1n) is 13.6. The Hall–Kier alpha value is -4.60. The summed E-state index contributed by atoms with van der Waals surface area (Å²) in [5, 5.41) is 12.0. The molecule has 7 nitrogen and oxygen atoms in total. The summed E-state index contributed by atoms with van der Waals surface area (Å²) in [5.41, 5.74) is 4.12. The van der Waals surface area contributed by atoms with Crippen LogP contribution in [0.25, 0.3) is 0 Å².